The van der Waals surface area contributed by atoms with Crippen molar-refractivity contribution < 1.29 is 9.59 Å². The van der Waals surface area contributed by atoms with E-state index >= 15 is 0 Å². The highest BCUT2D eigenvalue weighted by Gasteiger charge is 2.26. The van der Waals surface area contributed by atoms with E-state index in [9.17, 15) is 9.59 Å². The molecular formula is C22H27N3O2. The quantitative estimate of drug-likeness (QED) is 0.800. The maximum absolute atomic E-state index is 12.7. The van der Waals surface area contributed by atoms with Crippen LogP contribution in [-0.4, -0.2) is 53.7 Å². The largest absolute Gasteiger partial charge is 0.324 e. The number of piperazine rings is 1. The van der Waals surface area contributed by atoms with Crippen LogP contribution in [0.4, 0.5) is 5.69 Å². The molecule has 1 aliphatic rings. The van der Waals surface area contributed by atoms with E-state index in [2.05, 4.69) is 39.4 Å². The van der Waals surface area contributed by atoms with Gasteiger partial charge in [0, 0.05) is 38.3 Å². The van der Waals surface area contributed by atoms with Crippen molar-refractivity contribution in [2.45, 2.75) is 26.4 Å². The summed E-state index contributed by atoms with van der Waals surface area (Å²) in [6.07, 6.45) is 0. The van der Waals surface area contributed by atoms with Gasteiger partial charge in [0.15, 0.2) is 5.78 Å². The van der Waals surface area contributed by atoms with Gasteiger partial charge in [-0.1, -0.05) is 42.5 Å². The van der Waals surface area contributed by atoms with Gasteiger partial charge in [-0.05, 0) is 31.5 Å². The number of nitrogens with zero attached hydrogens (tertiary/aromatic N) is 2. The number of ketones is 1. The van der Waals surface area contributed by atoms with Crippen molar-refractivity contribution in [3.05, 3.63) is 65.7 Å². The summed E-state index contributed by atoms with van der Waals surface area (Å²) in [6, 6.07) is 17.4. The van der Waals surface area contributed by atoms with E-state index < -0.39 is 0 Å². The Morgan fingerprint density at radius 1 is 0.963 bits per heavy atom. The fourth-order valence-corrected chi connectivity index (χ4v) is 3.45. The topological polar surface area (TPSA) is 52.7 Å². The molecule has 2 aromatic carbocycles. The van der Waals surface area contributed by atoms with Gasteiger partial charge in [0.05, 0.1) is 11.7 Å². The number of Topliss-reactive ketones (excluding diaryl/α,β-unsaturated/α-hetero) is 1. The van der Waals surface area contributed by atoms with Gasteiger partial charge in [0.1, 0.15) is 0 Å². The normalized spacial score (nSPS) is 16.7. The summed E-state index contributed by atoms with van der Waals surface area (Å²) in [6.45, 7) is 7.98. The molecule has 0 unspecified atom stereocenters. The Morgan fingerprint density at radius 2 is 1.59 bits per heavy atom. The number of hydrogen-bond donors (Lipinski definition) is 1. The number of carbonyl (C=O) groups excluding carboxylic acids is 2. The Hall–Kier alpha value is -2.50. The molecule has 5 heteroatoms. The molecule has 5 nitrogen and oxygen atoms in total. The molecule has 2 aromatic rings. The predicted octanol–water partition coefficient (Wildman–Crippen LogP) is 3.03. The second-order valence-electron chi connectivity index (χ2n) is 7.06. The summed E-state index contributed by atoms with van der Waals surface area (Å²) in [5.74, 6) is -0.117. The Balaban J connectivity index is 1.54. The maximum Gasteiger partial charge on any atom is 0.241 e. The number of amides is 1. The minimum atomic E-state index is -0.233. The van der Waals surface area contributed by atoms with Gasteiger partial charge in [-0.2, -0.15) is 0 Å². The summed E-state index contributed by atoms with van der Waals surface area (Å²) < 4.78 is 0. The SMILES string of the molecule is CC(=O)c1ccccc1NC(=O)[C@H](C)N1CCN(Cc2ccccc2)CC1. The molecule has 0 aliphatic carbocycles. The number of rotatable bonds is 6. The van der Waals surface area contributed by atoms with Crippen molar-refractivity contribution in [1.29, 1.82) is 0 Å². The van der Waals surface area contributed by atoms with Crippen LogP contribution in [0.2, 0.25) is 0 Å². The summed E-state index contributed by atoms with van der Waals surface area (Å²) >= 11 is 0. The Bertz CT molecular complexity index is 783. The first-order valence-corrected chi connectivity index (χ1v) is 9.46. The van der Waals surface area contributed by atoms with Crippen LogP contribution in [-0.2, 0) is 11.3 Å². The van der Waals surface area contributed by atoms with Gasteiger partial charge in [-0.15, -0.1) is 0 Å². The monoisotopic (exact) mass is 365 g/mol. The van der Waals surface area contributed by atoms with Crippen molar-refractivity contribution in [3.63, 3.8) is 0 Å². The smallest absolute Gasteiger partial charge is 0.241 e. The first kappa shape index (κ1) is 19.3. The molecule has 0 radical (unpaired) electrons. The number of nitrogens with one attached hydrogen (secondary N) is 1. The molecule has 0 saturated carbocycles. The first-order chi connectivity index (χ1) is 13.0. The number of para-hydroxylation sites is 1. The molecule has 27 heavy (non-hydrogen) atoms. The highest BCUT2D eigenvalue weighted by atomic mass is 16.2. The molecule has 1 atom stereocenters. The third kappa shape index (κ3) is 5.02. The average Bonchev–Trinajstić information content (AvgIpc) is 2.69. The molecule has 0 bridgehead atoms. The van der Waals surface area contributed by atoms with Crippen molar-refractivity contribution in [2.24, 2.45) is 0 Å². The summed E-state index contributed by atoms with van der Waals surface area (Å²) in [5, 5.41) is 2.92. The van der Waals surface area contributed by atoms with E-state index in [1.54, 1.807) is 12.1 Å². The Morgan fingerprint density at radius 3 is 2.26 bits per heavy atom. The van der Waals surface area contributed by atoms with Gasteiger partial charge in [-0.25, -0.2) is 0 Å². The standard InChI is InChI=1S/C22H27N3O2/c1-17(22(27)23-21-11-7-6-10-20(21)18(2)26)25-14-12-24(13-15-25)16-19-8-4-3-5-9-19/h3-11,17H,12-16H2,1-2H3,(H,23,27)/t17-/m0/s1. The molecule has 1 amide bonds. The van der Waals surface area contributed by atoms with Gasteiger partial charge in [-0.3, -0.25) is 19.4 Å². The van der Waals surface area contributed by atoms with E-state index in [-0.39, 0.29) is 17.7 Å². The van der Waals surface area contributed by atoms with E-state index in [1.807, 2.05) is 25.1 Å². The predicted molar refractivity (Wildman–Crippen MR) is 108 cm³/mol. The lowest BCUT2D eigenvalue weighted by Crippen LogP contribution is -2.52. The second kappa shape index (κ2) is 8.93. The van der Waals surface area contributed by atoms with E-state index in [4.69, 9.17) is 0 Å². The number of hydrogen-bond acceptors (Lipinski definition) is 4. The lowest BCUT2D eigenvalue weighted by atomic mass is 10.1. The summed E-state index contributed by atoms with van der Waals surface area (Å²) in [5.41, 5.74) is 2.45. The van der Waals surface area contributed by atoms with Gasteiger partial charge in [0.25, 0.3) is 0 Å². The van der Waals surface area contributed by atoms with Crippen LogP contribution in [0, 0.1) is 0 Å². The zero-order valence-corrected chi connectivity index (χ0v) is 16.0. The van der Waals surface area contributed by atoms with Crippen LogP contribution in [0.15, 0.2) is 54.6 Å². The third-order valence-electron chi connectivity index (χ3n) is 5.15. The fourth-order valence-electron chi connectivity index (χ4n) is 3.45. The highest BCUT2D eigenvalue weighted by Crippen LogP contribution is 2.17. The minimum Gasteiger partial charge on any atom is -0.324 e. The van der Waals surface area contributed by atoms with Crippen LogP contribution < -0.4 is 5.32 Å². The molecule has 0 spiro atoms. The van der Waals surface area contributed by atoms with Crippen molar-refractivity contribution in [2.75, 3.05) is 31.5 Å². The second-order valence-corrected chi connectivity index (χ2v) is 7.06. The van der Waals surface area contributed by atoms with Crippen LogP contribution >= 0.6 is 0 Å². The minimum absolute atomic E-state index is 0.0481. The number of benzene rings is 2. The molecule has 3 rings (SSSR count). The fraction of sp³-hybridized carbons (Fsp3) is 0.364. The van der Waals surface area contributed by atoms with E-state index in [1.165, 1.54) is 12.5 Å². The zero-order chi connectivity index (χ0) is 19.2. The maximum atomic E-state index is 12.7. The van der Waals surface area contributed by atoms with Crippen LogP contribution in [0.5, 0.6) is 0 Å². The third-order valence-corrected chi connectivity index (χ3v) is 5.15. The van der Waals surface area contributed by atoms with Crippen molar-refractivity contribution in [1.82, 2.24) is 9.80 Å². The molecule has 1 aliphatic heterocycles. The highest BCUT2D eigenvalue weighted by molar-refractivity contribution is 6.04. The molecule has 1 saturated heterocycles. The number of carbonyl (C=O) groups is 2. The van der Waals surface area contributed by atoms with Crippen LogP contribution in [0.1, 0.15) is 29.8 Å². The van der Waals surface area contributed by atoms with Crippen LogP contribution in [0.25, 0.3) is 0 Å². The molecule has 1 N–H and O–H groups in total. The van der Waals surface area contributed by atoms with Crippen molar-refractivity contribution in [3.8, 4) is 0 Å². The molecule has 142 valence electrons. The molecule has 0 aromatic heterocycles. The Labute approximate surface area is 161 Å². The summed E-state index contributed by atoms with van der Waals surface area (Å²) in [4.78, 5) is 29.0. The van der Waals surface area contributed by atoms with E-state index in [0.29, 0.717) is 11.3 Å². The molecule has 1 fully saturated rings. The van der Waals surface area contributed by atoms with Crippen molar-refractivity contribution >= 4 is 17.4 Å². The zero-order valence-electron chi connectivity index (χ0n) is 16.0. The first-order valence-electron chi connectivity index (χ1n) is 9.46. The lowest BCUT2D eigenvalue weighted by molar-refractivity contribution is -0.121. The van der Waals surface area contributed by atoms with Crippen LogP contribution in [0.3, 0.4) is 0 Å². The molecular weight excluding hydrogens is 338 g/mol. The Kier molecular flexibility index (Phi) is 6.37. The van der Waals surface area contributed by atoms with E-state index in [0.717, 1.165) is 32.7 Å². The summed E-state index contributed by atoms with van der Waals surface area (Å²) in [7, 11) is 0. The lowest BCUT2D eigenvalue weighted by Gasteiger charge is -2.37. The average molecular weight is 365 g/mol. The van der Waals surface area contributed by atoms with Gasteiger partial charge >= 0.3 is 0 Å². The van der Waals surface area contributed by atoms with Gasteiger partial charge < -0.3 is 5.32 Å². The number of anilines is 1. The molecule has 1 heterocycles. The van der Waals surface area contributed by atoms with Gasteiger partial charge in [0.2, 0.25) is 5.91 Å².